The van der Waals surface area contributed by atoms with Gasteiger partial charge in [0.1, 0.15) is 11.6 Å². The van der Waals surface area contributed by atoms with Crippen LogP contribution in [0.1, 0.15) is 19.4 Å². The van der Waals surface area contributed by atoms with Gasteiger partial charge in [-0.15, -0.1) is 0 Å². The SMILES string of the molecule is COc1cccc(NC(N)=NCC(C)(C)c2cccc(F)c2)c1. The van der Waals surface area contributed by atoms with Crippen LogP contribution in [0.25, 0.3) is 0 Å². The Balaban J connectivity index is 2.06. The summed E-state index contributed by atoms with van der Waals surface area (Å²) in [5.41, 5.74) is 7.30. The number of methoxy groups -OCH3 is 1. The standard InChI is InChI=1S/C18H22FN3O/c1-18(2,13-6-4-7-14(19)10-13)12-21-17(20)22-15-8-5-9-16(11-15)23-3/h4-11H,12H2,1-3H3,(H3,20,21,22). The third-order valence-corrected chi connectivity index (χ3v) is 3.59. The zero-order chi connectivity index (χ0) is 16.9. The molecule has 0 aliphatic heterocycles. The highest BCUT2D eigenvalue weighted by molar-refractivity contribution is 5.92. The molecule has 0 atom stereocenters. The molecule has 0 fully saturated rings. The number of nitrogens with two attached hydrogens (primary N) is 1. The Hall–Kier alpha value is -2.56. The molecule has 0 unspecified atom stereocenters. The maximum atomic E-state index is 13.4. The first-order chi connectivity index (χ1) is 10.9. The summed E-state index contributed by atoms with van der Waals surface area (Å²) in [7, 11) is 1.61. The Morgan fingerprint density at radius 2 is 1.96 bits per heavy atom. The van der Waals surface area contributed by atoms with Crippen LogP contribution in [0.5, 0.6) is 5.75 Å². The van der Waals surface area contributed by atoms with E-state index in [1.807, 2.05) is 44.2 Å². The van der Waals surface area contributed by atoms with Crippen LogP contribution in [-0.4, -0.2) is 19.6 Å². The van der Waals surface area contributed by atoms with E-state index < -0.39 is 0 Å². The molecule has 3 N–H and O–H groups in total. The number of benzene rings is 2. The second-order valence-electron chi connectivity index (χ2n) is 5.95. The van der Waals surface area contributed by atoms with Crippen molar-refractivity contribution in [2.45, 2.75) is 19.3 Å². The molecule has 5 heteroatoms. The van der Waals surface area contributed by atoms with Crippen LogP contribution < -0.4 is 15.8 Å². The van der Waals surface area contributed by atoms with E-state index in [1.165, 1.54) is 12.1 Å². The molecule has 0 aromatic heterocycles. The predicted octanol–water partition coefficient (Wildman–Crippen LogP) is 3.54. The minimum absolute atomic E-state index is 0.248. The lowest BCUT2D eigenvalue weighted by atomic mass is 9.85. The predicted molar refractivity (Wildman–Crippen MR) is 92.5 cm³/mol. The summed E-state index contributed by atoms with van der Waals surface area (Å²) in [6, 6.07) is 14.0. The fraction of sp³-hybridized carbons (Fsp3) is 0.278. The molecule has 122 valence electrons. The minimum atomic E-state index is -0.317. The highest BCUT2D eigenvalue weighted by Gasteiger charge is 2.20. The van der Waals surface area contributed by atoms with Gasteiger partial charge in [-0.3, -0.25) is 4.99 Å². The summed E-state index contributed by atoms with van der Waals surface area (Å²) in [6.07, 6.45) is 0. The number of ether oxygens (including phenoxy) is 1. The van der Waals surface area contributed by atoms with E-state index in [9.17, 15) is 4.39 Å². The van der Waals surface area contributed by atoms with Crippen molar-refractivity contribution >= 4 is 11.6 Å². The van der Waals surface area contributed by atoms with Crippen LogP contribution in [0.4, 0.5) is 10.1 Å². The number of hydrogen-bond donors (Lipinski definition) is 2. The number of anilines is 1. The third-order valence-electron chi connectivity index (χ3n) is 3.59. The van der Waals surface area contributed by atoms with Crippen LogP contribution in [-0.2, 0) is 5.41 Å². The van der Waals surface area contributed by atoms with Gasteiger partial charge in [0, 0.05) is 17.2 Å². The Morgan fingerprint density at radius 3 is 2.65 bits per heavy atom. The molecular formula is C18H22FN3O. The molecule has 2 aromatic carbocycles. The van der Waals surface area contributed by atoms with Crippen molar-refractivity contribution in [3.8, 4) is 5.75 Å². The van der Waals surface area contributed by atoms with E-state index in [-0.39, 0.29) is 11.2 Å². The number of hydrogen-bond acceptors (Lipinski definition) is 2. The summed E-state index contributed by atoms with van der Waals surface area (Å²) in [5.74, 6) is 0.799. The Morgan fingerprint density at radius 1 is 1.22 bits per heavy atom. The number of nitrogens with zero attached hydrogens (tertiary/aromatic N) is 1. The number of aliphatic imine (C=N–C) groups is 1. The second-order valence-corrected chi connectivity index (χ2v) is 5.95. The highest BCUT2D eigenvalue weighted by atomic mass is 19.1. The van der Waals surface area contributed by atoms with Crippen molar-refractivity contribution in [2.75, 3.05) is 19.0 Å². The first-order valence-electron chi connectivity index (χ1n) is 7.38. The molecule has 0 amide bonds. The third kappa shape index (κ3) is 4.71. The Bertz CT molecular complexity index is 698. The van der Waals surface area contributed by atoms with Gasteiger partial charge in [0.2, 0.25) is 0 Å². The van der Waals surface area contributed by atoms with Crippen LogP contribution in [0.2, 0.25) is 0 Å². The van der Waals surface area contributed by atoms with Gasteiger partial charge in [-0.1, -0.05) is 32.0 Å². The van der Waals surface area contributed by atoms with Crippen LogP contribution in [0.15, 0.2) is 53.5 Å². The van der Waals surface area contributed by atoms with E-state index in [1.54, 1.807) is 13.2 Å². The zero-order valence-corrected chi connectivity index (χ0v) is 13.6. The first kappa shape index (κ1) is 16.8. The molecule has 0 saturated carbocycles. The summed E-state index contributed by atoms with van der Waals surface area (Å²) in [4.78, 5) is 4.37. The highest BCUT2D eigenvalue weighted by Crippen LogP contribution is 2.24. The van der Waals surface area contributed by atoms with E-state index in [0.29, 0.717) is 12.5 Å². The molecule has 23 heavy (non-hydrogen) atoms. The maximum Gasteiger partial charge on any atom is 0.193 e. The van der Waals surface area contributed by atoms with Crippen molar-refractivity contribution in [2.24, 2.45) is 10.7 Å². The largest absolute Gasteiger partial charge is 0.497 e. The van der Waals surface area contributed by atoms with Crippen molar-refractivity contribution in [1.29, 1.82) is 0 Å². The molecule has 0 radical (unpaired) electrons. The number of guanidine groups is 1. The minimum Gasteiger partial charge on any atom is -0.497 e. The molecule has 2 rings (SSSR count). The summed E-state index contributed by atoms with van der Waals surface area (Å²) in [6.45, 7) is 4.45. The monoisotopic (exact) mass is 315 g/mol. The molecular weight excluding hydrogens is 293 g/mol. The Labute approximate surface area is 136 Å². The smallest absolute Gasteiger partial charge is 0.193 e. The average molecular weight is 315 g/mol. The second kappa shape index (κ2) is 7.13. The van der Waals surface area contributed by atoms with Gasteiger partial charge in [-0.25, -0.2) is 4.39 Å². The molecule has 0 heterocycles. The van der Waals surface area contributed by atoms with E-state index in [2.05, 4.69) is 10.3 Å². The molecule has 0 aliphatic carbocycles. The average Bonchev–Trinajstić information content (AvgIpc) is 2.53. The molecule has 0 aliphatic rings. The van der Waals surface area contributed by atoms with Gasteiger partial charge in [0.05, 0.1) is 13.7 Å². The summed E-state index contributed by atoms with van der Waals surface area (Å²) in [5, 5.41) is 3.03. The molecule has 2 aromatic rings. The zero-order valence-electron chi connectivity index (χ0n) is 13.6. The summed E-state index contributed by atoms with van der Waals surface area (Å²) >= 11 is 0. The first-order valence-corrected chi connectivity index (χ1v) is 7.38. The van der Waals surface area contributed by atoms with Gasteiger partial charge in [-0.05, 0) is 29.8 Å². The molecule has 0 saturated heterocycles. The van der Waals surface area contributed by atoms with Crippen LogP contribution in [0.3, 0.4) is 0 Å². The fourth-order valence-corrected chi connectivity index (χ4v) is 2.17. The van der Waals surface area contributed by atoms with E-state index in [4.69, 9.17) is 10.5 Å². The number of rotatable bonds is 5. The normalized spacial score (nSPS) is 12.1. The van der Waals surface area contributed by atoms with Gasteiger partial charge >= 0.3 is 0 Å². The fourth-order valence-electron chi connectivity index (χ4n) is 2.17. The molecule has 0 bridgehead atoms. The van der Waals surface area contributed by atoms with Crippen molar-refractivity contribution in [3.63, 3.8) is 0 Å². The van der Waals surface area contributed by atoms with Crippen molar-refractivity contribution in [1.82, 2.24) is 0 Å². The molecule has 0 spiro atoms. The Kier molecular flexibility index (Phi) is 5.21. The van der Waals surface area contributed by atoms with Crippen molar-refractivity contribution < 1.29 is 9.13 Å². The van der Waals surface area contributed by atoms with Gasteiger partial charge < -0.3 is 15.8 Å². The van der Waals surface area contributed by atoms with Gasteiger partial charge in [0.15, 0.2) is 5.96 Å². The van der Waals surface area contributed by atoms with Crippen molar-refractivity contribution in [3.05, 3.63) is 59.9 Å². The summed E-state index contributed by atoms with van der Waals surface area (Å²) < 4.78 is 18.5. The van der Waals surface area contributed by atoms with Crippen LogP contribution in [0, 0.1) is 5.82 Å². The number of halogens is 1. The lowest BCUT2D eigenvalue weighted by Gasteiger charge is -2.23. The van der Waals surface area contributed by atoms with Gasteiger partial charge in [0.25, 0.3) is 0 Å². The van der Waals surface area contributed by atoms with E-state index >= 15 is 0 Å². The van der Waals surface area contributed by atoms with Crippen LogP contribution >= 0.6 is 0 Å². The molecule has 4 nitrogen and oxygen atoms in total. The lowest BCUT2D eigenvalue weighted by Crippen LogP contribution is -2.27. The topological polar surface area (TPSA) is 59.6 Å². The maximum absolute atomic E-state index is 13.4. The lowest BCUT2D eigenvalue weighted by molar-refractivity contribution is 0.415. The quantitative estimate of drug-likeness (QED) is 0.655. The number of nitrogens with one attached hydrogen (secondary N) is 1. The van der Waals surface area contributed by atoms with E-state index in [0.717, 1.165) is 17.0 Å². The van der Waals surface area contributed by atoms with Gasteiger partial charge in [-0.2, -0.15) is 0 Å².